The molecule has 4 heteroatoms. The van der Waals surface area contributed by atoms with Crippen molar-refractivity contribution in [1.29, 1.82) is 0 Å². The molecule has 3 atom stereocenters. The van der Waals surface area contributed by atoms with Gasteiger partial charge in [-0.25, -0.2) is 0 Å². The molecule has 0 amide bonds. The van der Waals surface area contributed by atoms with Gasteiger partial charge in [0.05, 0.1) is 17.8 Å². The van der Waals surface area contributed by atoms with E-state index in [0.29, 0.717) is 13.2 Å². The molecule has 0 bridgehead atoms. The summed E-state index contributed by atoms with van der Waals surface area (Å²) < 4.78 is 16.6. The Kier molecular flexibility index (Phi) is 5.18. The Bertz CT molecular complexity index is 208. The van der Waals surface area contributed by atoms with Crippen LogP contribution in [0.1, 0.15) is 33.6 Å². The summed E-state index contributed by atoms with van der Waals surface area (Å²) in [6.07, 6.45) is 2.03. The molecule has 0 spiro atoms. The van der Waals surface area contributed by atoms with E-state index in [9.17, 15) is 0 Å². The molecule has 0 aromatic rings. The minimum absolute atomic E-state index is 0.0793. The van der Waals surface area contributed by atoms with Crippen molar-refractivity contribution in [2.45, 2.75) is 57.5 Å². The summed E-state index contributed by atoms with van der Waals surface area (Å²) in [4.78, 5) is 0. The molecule has 0 radical (unpaired) electrons. The van der Waals surface area contributed by atoms with Gasteiger partial charge in [-0.15, -0.1) is 0 Å². The Hall–Kier alpha value is -0.160. The summed E-state index contributed by atoms with van der Waals surface area (Å²) >= 11 is 0. The highest BCUT2D eigenvalue weighted by molar-refractivity contribution is 4.95. The van der Waals surface area contributed by atoms with Crippen LogP contribution in [-0.4, -0.2) is 44.2 Å². The summed E-state index contributed by atoms with van der Waals surface area (Å²) in [5.74, 6) is 0. The lowest BCUT2D eigenvalue weighted by atomic mass is 9.86. The van der Waals surface area contributed by atoms with Crippen molar-refractivity contribution in [3.63, 3.8) is 0 Å². The van der Waals surface area contributed by atoms with E-state index in [1.807, 2.05) is 6.92 Å². The van der Waals surface area contributed by atoms with Crippen LogP contribution in [0.4, 0.5) is 0 Å². The summed E-state index contributed by atoms with van der Waals surface area (Å²) in [6, 6.07) is 0.139. The molecule has 3 unspecified atom stereocenters. The number of methoxy groups -OCH3 is 1. The highest BCUT2D eigenvalue weighted by Gasteiger charge is 2.40. The van der Waals surface area contributed by atoms with Crippen LogP contribution in [0.2, 0.25) is 0 Å². The standard InChI is InChI=1S/C12H25NO3/c1-5-15-11-9(13)8-10(11)16-7-6-12(2,3)14-4/h9-11H,5-8,13H2,1-4H3. The molecular weight excluding hydrogens is 206 g/mol. The van der Waals surface area contributed by atoms with Crippen molar-refractivity contribution in [1.82, 2.24) is 0 Å². The fraction of sp³-hybridized carbons (Fsp3) is 1.00. The summed E-state index contributed by atoms with van der Waals surface area (Å²) in [7, 11) is 1.72. The minimum atomic E-state index is -0.118. The van der Waals surface area contributed by atoms with Crippen LogP contribution < -0.4 is 5.73 Å². The van der Waals surface area contributed by atoms with Gasteiger partial charge in [-0.1, -0.05) is 0 Å². The zero-order valence-corrected chi connectivity index (χ0v) is 10.9. The molecule has 2 N–H and O–H groups in total. The van der Waals surface area contributed by atoms with Crippen molar-refractivity contribution in [2.75, 3.05) is 20.3 Å². The third-order valence-corrected chi connectivity index (χ3v) is 3.24. The van der Waals surface area contributed by atoms with E-state index in [1.54, 1.807) is 7.11 Å². The lowest BCUT2D eigenvalue weighted by Gasteiger charge is -2.42. The fourth-order valence-corrected chi connectivity index (χ4v) is 1.76. The third kappa shape index (κ3) is 3.70. The van der Waals surface area contributed by atoms with Gasteiger partial charge in [-0.2, -0.15) is 0 Å². The normalized spacial score (nSPS) is 30.2. The van der Waals surface area contributed by atoms with E-state index in [4.69, 9.17) is 19.9 Å². The molecule has 4 nitrogen and oxygen atoms in total. The molecule has 0 aromatic carbocycles. The van der Waals surface area contributed by atoms with Crippen LogP contribution >= 0.6 is 0 Å². The molecule has 1 aliphatic rings. The third-order valence-electron chi connectivity index (χ3n) is 3.24. The van der Waals surface area contributed by atoms with E-state index in [2.05, 4.69) is 13.8 Å². The largest absolute Gasteiger partial charge is 0.379 e. The Morgan fingerprint density at radius 1 is 1.31 bits per heavy atom. The second-order valence-corrected chi connectivity index (χ2v) is 4.94. The van der Waals surface area contributed by atoms with Crippen LogP contribution in [0.15, 0.2) is 0 Å². The number of hydrogen-bond acceptors (Lipinski definition) is 4. The molecule has 0 aromatic heterocycles. The van der Waals surface area contributed by atoms with E-state index in [1.165, 1.54) is 0 Å². The van der Waals surface area contributed by atoms with Crippen LogP contribution in [0.5, 0.6) is 0 Å². The highest BCUT2D eigenvalue weighted by atomic mass is 16.5. The first-order valence-electron chi connectivity index (χ1n) is 6.04. The predicted molar refractivity (Wildman–Crippen MR) is 63.5 cm³/mol. The lowest BCUT2D eigenvalue weighted by molar-refractivity contribution is -0.144. The van der Waals surface area contributed by atoms with Gasteiger partial charge in [0.2, 0.25) is 0 Å². The van der Waals surface area contributed by atoms with E-state index in [-0.39, 0.29) is 23.9 Å². The first-order valence-corrected chi connectivity index (χ1v) is 6.04. The molecule has 1 saturated carbocycles. The maximum absolute atomic E-state index is 5.85. The number of ether oxygens (including phenoxy) is 3. The fourth-order valence-electron chi connectivity index (χ4n) is 1.76. The van der Waals surface area contributed by atoms with Crippen molar-refractivity contribution >= 4 is 0 Å². The quantitative estimate of drug-likeness (QED) is 0.718. The van der Waals surface area contributed by atoms with Crippen LogP contribution in [0.25, 0.3) is 0 Å². The molecule has 1 rings (SSSR count). The maximum atomic E-state index is 5.85. The average molecular weight is 231 g/mol. The van der Waals surface area contributed by atoms with Crippen molar-refractivity contribution in [3.05, 3.63) is 0 Å². The summed E-state index contributed by atoms with van der Waals surface area (Å²) in [6.45, 7) is 7.49. The Morgan fingerprint density at radius 3 is 2.50 bits per heavy atom. The summed E-state index contributed by atoms with van der Waals surface area (Å²) in [5, 5.41) is 0. The van der Waals surface area contributed by atoms with Gasteiger partial charge in [-0.3, -0.25) is 0 Å². The number of nitrogens with two attached hydrogens (primary N) is 1. The van der Waals surface area contributed by atoms with Crippen molar-refractivity contribution in [2.24, 2.45) is 5.73 Å². The van der Waals surface area contributed by atoms with Gasteiger partial charge >= 0.3 is 0 Å². The van der Waals surface area contributed by atoms with Crippen LogP contribution in [-0.2, 0) is 14.2 Å². The number of rotatable bonds is 7. The zero-order valence-electron chi connectivity index (χ0n) is 10.9. The zero-order chi connectivity index (χ0) is 12.2. The Morgan fingerprint density at radius 2 is 2.00 bits per heavy atom. The van der Waals surface area contributed by atoms with Gasteiger partial charge in [0.1, 0.15) is 0 Å². The van der Waals surface area contributed by atoms with E-state index < -0.39 is 0 Å². The Labute approximate surface area is 98.4 Å². The smallest absolute Gasteiger partial charge is 0.0988 e. The molecule has 96 valence electrons. The summed E-state index contributed by atoms with van der Waals surface area (Å²) in [5.41, 5.74) is 5.74. The lowest BCUT2D eigenvalue weighted by Crippen LogP contribution is -2.58. The first kappa shape index (κ1) is 13.9. The van der Waals surface area contributed by atoms with Gasteiger partial charge in [0.15, 0.2) is 0 Å². The minimum Gasteiger partial charge on any atom is -0.379 e. The molecule has 0 heterocycles. The van der Waals surface area contributed by atoms with Gasteiger partial charge in [-0.05, 0) is 33.6 Å². The molecular formula is C12H25NO3. The monoisotopic (exact) mass is 231 g/mol. The Balaban J connectivity index is 2.19. The molecule has 0 saturated heterocycles. The molecule has 1 fully saturated rings. The van der Waals surface area contributed by atoms with E-state index in [0.717, 1.165) is 12.8 Å². The maximum Gasteiger partial charge on any atom is 0.0988 e. The van der Waals surface area contributed by atoms with Crippen molar-refractivity contribution < 1.29 is 14.2 Å². The average Bonchev–Trinajstić information content (AvgIpc) is 2.24. The van der Waals surface area contributed by atoms with E-state index >= 15 is 0 Å². The second kappa shape index (κ2) is 5.96. The van der Waals surface area contributed by atoms with Crippen molar-refractivity contribution in [3.8, 4) is 0 Å². The molecule has 0 aliphatic heterocycles. The molecule has 1 aliphatic carbocycles. The van der Waals surface area contributed by atoms with Gasteiger partial charge in [0, 0.05) is 26.4 Å². The predicted octanol–water partition coefficient (Wildman–Crippen LogP) is 1.32. The molecule has 16 heavy (non-hydrogen) atoms. The van der Waals surface area contributed by atoms with Crippen LogP contribution in [0.3, 0.4) is 0 Å². The van der Waals surface area contributed by atoms with Gasteiger partial charge in [0.25, 0.3) is 0 Å². The first-order chi connectivity index (χ1) is 7.50. The number of hydrogen-bond donors (Lipinski definition) is 1. The second-order valence-electron chi connectivity index (χ2n) is 4.94. The van der Waals surface area contributed by atoms with Crippen LogP contribution in [0, 0.1) is 0 Å². The topological polar surface area (TPSA) is 53.7 Å². The highest BCUT2D eigenvalue weighted by Crippen LogP contribution is 2.26. The SMILES string of the molecule is CCOC1C(N)CC1OCCC(C)(C)OC. The van der Waals surface area contributed by atoms with Gasteiger partial charge < -0.3 is 19.9 Å².